The van der Waals surface area contributed by atoms with Gasteiger partial charge in [-0.1, -0.05) is 33.6 Å². The van der Waals surface area contributed by atoms with Crippen molar-refractivity contribution < 1.29 is 4.79 Å². The molecule has 0 aliphatic carbocycles. The summed E-state index contributed by atoms with van der Waals surface area (Å²) in [5.41, 5.74) is 2.49. The molecule has 0 fully saturated rings. The van der Waals surface area contributed by atoms with E-state index >= 15 is 0 Å². The zero-order chi connectivity index (χ0) is 14.5. The number of carbonyl (C=O) groups excluding carboxylic acids is 1. The van der Waals surface area contributed by atoms with Crippen molar-refractivity contribution in [2.45, 2.75) is 6.54 Å². The summed E-state index contributed by atoms with van der Waals surface area (Å²) >= 11 is 9.56. The summed E-state index contributed by atoms with van der Waals surface area (Å²) < 4.78 is 0.984. The van der Waals surface area contributed by atoms with Crippen LogP contribution >= 0.6 is 27.5 Å². The van der Waals surface area contributed by atoms with Crippen LogP contribution in [0.15, 0.2) is 46.9 Å². The molecule has 104 valence electrons. The van der Waals surface area contributed by atoms with Crippen LogP contribution in [0.1, 0.15) is 15.9 Å². The molecule has 0 aliphatic heterocycles. The summed E-state index contributed by atoms with van der Waals surface area (Å²) in [6.45, 7) is 0.593. The number of carbonyl (C=O) groups is 1. The van der Waals surface area contributed by atoms with Crippen LogP contribution in [0.4, 0.5) is 5.69 Å². The van der Waals surface area contributed by atoms with Gasteiger partial charge in [-0.3, -0.25) is 4.79 Å². The van der Waals surface area contributed by atoms with Gasteiger partial charge in [-0.15, -0.1) is 0 Å². The van der Waals surface area contributed by atoms with Crippen molar-refractivity contribution in [3.63, 3.8) is 0 Å². The molecule has 2 aromatic carbocycles. The van der Waals surface area contributed by atoms with E-state index in [0.29, 0.717) is 17.1 Å². The molecule has 2 N–H and O–H groups in total. The molecule has 0 saturated heterocycles. The van der Waals surface area contributed by atoms with Gasteiger partial charge in [0.1, 0.15) is 0 Å². The molecular formula is C15H14BrClN2O. The Balaban J connectivity index is 2.11. The number of hydrogen-bond acceptors (Lipinski definition) is 2. The van der Waals surface area contributed by atoms with Gasteiger partial charge in [0.25, 0.3) is 5.91 Å². The SMILES string of the molecule is CNC(=O)c1cccc(NCc2cc(Br)ccc2Cl)c1. The second-order valence-corrected chi connectivity index (χ2v) is 5.57. The largest absolute Gasteiger partial charge is 0.381 e. The van der Waals surface area contributed by atoms with E-state index in [1.807, 2.05) is 36.4 Å². The van der Waals surface area contributed by atoms with Crippen molar-refractivity contribution in [1.29, 1.82) is 0 Å². The van der Waals surface area contributed by atoms with Gasteiger partial charge in [0.15, 0.2) is 0 Å². The van der Waals surface area contributed by atoms with Gasteiger partial charge in [0.2, 0.25) is 0 Å². The predicted molar refractivity (Wildman–Crippen MR) is 86.3 cm³/mol. The predicted octanol–water partition coefficient (Wildman–Crippen LogP) is 4.07. The first-order valence-electron chi connectivity index (χ1n) is 6.10. The molecule has 1 amide bonds. The standard InChI is InChI=1S/C15H14BrClN2O/c1-18-15(20)10-3-2-4-13(8-10)19-9-11-7-12(16)5-6-14(11)17/h2-8,19H,9H2,1H3,(H,18,20). The average molecular weight is 354 g/mol. The summed E-state index contributed by atoms with van der Waals surface area (Å²) in [6, 6.07) is 13.1. The Bertz CT molecular complexity index is 631. The molecule has 0 unspecified atom stereocenters. The fourth-order valence-electron chi connectivity index (χ4n) is 1.79. The molecule has 0 atom stereocenters. The second kappa shape index (κ2) is 6.77. The first kappa shape index (κ1) is 14.9. The summed E-state index contributed by atoms with van der Waals surface area (Å²) in [5.74, 6) is -0.103. The summed E-state index contributed by atoms with van der Waals surface area (Å²) in [5, 5.41) is 6.58. The van der Waals surface area contributed by atoms with Crippen molar-refractivity contribution in [3.8, 4) is 0 Å². The summed E-state index contributed by atoms with van der Waals surface area (Å²) in [4.78, 5) is 11.6. The lowest BCUT2D eigenvalue weighted by atomic mass is 10.1. The Morgan fingerprint density at radius 3 is 2.80 bits per heavy atom. The van der Waals surface area contributed by atoms with E-state index in [1.54, 1.807) is 13.1 Å². The maximum atomic E-state index is 11.6. The number of hydrogen-bond donors (Lipinski definition) is 2. The summed E-state index contributed by atoms with van der Waals surface area (Å²) in [6.07, 6.45) is 0. The third-order valence-corrected chi connectivity index (χ3v) is 3.70. The fourth-order valence-corrected chi connectivity index (χ4v) is 2.38. The zero-order valence-electron chi connectivity index (χ0n) is 10.9. The Kier molecular flexibility index (Phi) is 5.04. The van der Waals surface area contributed by atoms with E-state index in [4.69, 9.17) is 11.6 Å². The maximum absolute atomic E-state index is 11.6. The van der Waals surface area contributed by atoms with E-state index in [2.05, 4.69) is 26.6 Å². The molecule has 5 heteroatoms. The highest BCUT2D eigenvalue weighted by atomic mass is 79.9. The highest BCUT2D eigenvalue weighted by molar-refractivity contribution is 9.10. The highest BCUT2D eigenvalue weighted by Crippen LogP contribution is 2.22. The molecule has 2 aromatic rings. The molecular weight excluding hydrogens is 340 g/mol. The zero-order valence-corrected chi connectivity index (χ0v) is 13.3. The quantitative estimate of drug-likeness (QED) is 0.870. The molecule has 0 saturated carbocycles. The van der Waals surface area contributed by atoms with Crippen LogP contribution in [0.5, 0.6) is 0 Å². The van der Waals surface area contributed by atoms with Crippen LogP contribution in [-0.4, -0.2) is 13.0 Å². The Labute approximate surface area is 131 Å². The van der Waals surface area contributed by atoms with Crippen LogP contribution in [0, 0.1) is 0 Å². The van der Waals surface area contributed by atoms with Gasteiger partial charge in [0, 0.05) is 34.3 Å². The maximum Gasteiger partial charge on any atom is 0.251 e. The van der Waals surface area contributed by atoms with Crippen LogP contribution in [0.2, 0.25) is 5.02 Å². The van der Waals surface area contributed by atoms with Crippen molar-refractivity contribution >= 4 is 39.1 Å². The van der Waals surface area contributed by atoms with E-state index in [-0.39, 0.29) is 5.91 Å². The van der Waals surface area contributed by atoms with E-state index in [9.17, 15) is 4.79 Å². The van der Waals surface area contributed by atoms with Crippen molar-refractivity contribution in [1.82, 2.24) is 5.32 Å². The van der Waals surface area contributed by atoms with Gasteiger partial charge < -0.3 is 10.6 Å². The van der Waals surface area contributed by atoms with Gasteiger partial charge in [-0.2, -0.15) is 0 Å². The van der Waals surface area contributed by atoms with Gasteiger partial charge in [-0.25, -0.2) is 0 Å². The third-order valence-electron chi connectivity index (χ3n) is 2.84. The Morgan fingerprint density at radius 2 is 2.05 bits per heavy atom. The number of benzene rings is 2. The molecule has 3 nitrogen and oxygen atoms in total. The minimum absolute atomic E-state index is 0.103. The normalized spacial score (nSPS) is 10.2. The highest BCUT2D eigenvalue weighted by Gasteiger charge is 2.05. The lowest BCUT2D eigenvalue weighted by Crippen LogP contribution is -2.17. The second-order valence-electron chi connectivity index (χ2n) is 4.25. The molecule has 0 bridgehead atoms. The lowest BCUT2D eigenvalue weighted by molar-refractivity contribution is 0.0963. The fraction of sp³-hybridized carbons (Fsp3) is 0.133. The van der Waals surface area contributed by atoms with Crippen LogP contribution in [0.3, 0.4) is 0 Å². The Hall–Kier alpha value is -1.52. The van der Waals surface area contributed by atoms with Crippen molar-refractivity contribution in [3.05, 3.63) is 63.1 Å². The molecule has 0 radical (unpaired) electrons. The number of amides is 1. The smallest absolute Gasteiger partial charge is 0.251 e. The van der Waals surface area contributed by atoms with Gasteiger partial charge >= 0.3 is 0 Å². The summed E-state index contributed by atoms with van der Waals surface area (Å²) in [7, 11) is 1.61. The topological polar surface area (TPSA) is 41.1 Å². The van der Waals surface area contributed by atoms with E-state index in [0.717, 1.165) is 15.7 Å². The molecule has 0 aliphatic rings. The monoisotopic (exact) mass is 352 g/mol. The number of nitrogens with one attached hydrogen (secondary N) is 2. The van der Waals surface area contributed by atoms with Crippen molar-refractivity contribution in [2.75, 3.05) is 12.4 Å². The lowest BCUT2D eigenvalue weighted by Gasteiger charge is -2.10. The van der Waals surface area contributed by atoms with Crippen LogP contribution in [-0.2, 0) is 6.54 Å². The van der Waals surface area contributed by atoms with Crippen LogP contribution < -0.4 is 10.6 Å². The number of halogens is 2. The molecule has 0 aromatic heterocycles. The minimum atomic E-state index is -0.103. The first-order valence-corrected chi connectivity index (χ1v) is 7.27. The van der Waals surface area contributed by atoms with Crippen molar-refractivity contribution in [2.24, 2.45) is 0 Å². The third kappa shape index (κ3) is 3.74. The minimum Gasteiger partial charge on any atom is -0.381 e. The number of anilines is 1. The number of rotatable bonds is 4. The van der Waals surface area contributed by atoms with Crippen LogP contribution in [0.25, 0.3) is 0 Å². The molecule has 0 heterocycles. The van der Waals surface area contributed by atoms with Gasteiger partial charge in [-0.05, 0) is 42.0 Å². The molecule has 20 heavy (non-hydrogen) atoms. The average Bonchev–Trinajstić information content (AvgIpc) is 2.47. The van der Waals surface area contributed by atoms with Gasteiger partial charge in [0.05, 0.1) is 0 Å². The Morgan fingerprint density at radius 1 is 1.25 bits per heavy atom. The van der Waals surface area contributed by atoms with E-state index in [1.165, 1.54) is 0 Å². The molecule has 0 spiro atoms. The first-order chi connectivity index (χ1) is 9.60. The van der Waals surface area contributed by atoms with E-state index < -0.39 is 0 Å². The molecule has 2 rings (SSSR count).